The summed E-state index contributed by atoms with van der Waals surface area (Å²) < 4.78 is 17.8. The summed E-state index contributed by atoms with van der Waals surface area (Å²) in [7, 11) is 1.33. The first-order chi connectivity index (χ1) is 14.0. The molecule has 1 aliphatic rings. The van der Waals surface area contributed by atoms with Gasteiger partial charge in [-0.15, -0.1) is 0 Å². The lowest BCUT2D eigenvalue weighted by Crippen LogP contribution is -3.17. The molecule has 0 bridgehead atoms. The van der Waals surface area contributed by atoms with Gasteiger partial charge in [0.15, 0.2) is 12.6 Å². The average molecular weight is 400 g/mol. The number of benzene rings is 2. The van der Waals surface area contributed by atoms with E-state index in [1.54, 1.807) is 0 Å². The Morgan fingerprint density at radius 2 is 1.76 bits per heavy atom. The molecule has 0 fully saturated rings. The number of fused-ring (bicyclic) bond motifs is 1. The number of anilines is 1. The highest BCUT2D eigenvalue weighted by atomic mass is 19.1. The number of rotatable bonds is 6. The first kappa shape index (κ1) is 20.5. The van der Waals surface area contributed by atoms with E-state index in [9.17, 15) is 18.8 Å². The third kappa shape index (κ3) is 5.39. The number of hydrogen-bond acceptors (Lipinski definition) is 4. The molecular weight excluding hydrogens is 377 g/mol. The number of nitrogens with one attached hydrogen (secondary N) is 3. The van der Waals surface area contributed by atoms with Crippen LogP contribution >= 0.6 is 0 Å². The van der Waals surface area contributed by atoms with Crippen molar-refractivity contribution in [2.75, 3.05) is 25.5 Å². The second-order valence-corrected chi connectivity index (χ2v) is 6.89. The third-order valence-corrected chi connectivity index (χ3v) is 4.90. The SMILES string of the molecule is COC(=O)[C@H]1Cc2ccccc2C[NH+]1CC(=O)NCC(=O)Nc1ccc(F)cc1. The largest absolute Gasteiger partial charge is 0.465 e. The van der Waals surface area contributed by atoms with Gasteiger partial charge in [-0.3, -0.25) is 9.59 Å². The molecule has 2 aromatic carbocycles. The zero-order valence-corrected chi connectivity index (χ0v) is 16.0. The van der Waals surface area contributed by atoms with Crippen LogP contribution in [-0.2, 0) is 32.1 Å². The Hall–Kier alpha value is -3.26. The zero-order chi connectivity index (χ0) is 20.8. The Balaban J connectivity index is 1.56. The van der Waals surface area contributed by atoms with Crippen molar-refractivity contribution in [3.63, 3.8) is 0 Å². The number of hydrogen-bond donors (Lipinski definition) is 3. The molecule has 0 aromatic heterocycles. The Morgan fingerprint density at radius 3 is 2.45 bits per heavy atom. The summed E-state index contributed by atoms with van der Waals surface area (Å²) in [4.78, 5) is 37.3. The van der Waals surface area contributed by atoms with Gasteiger partial charge in [-0.25, -0.2) is 9.18 Å². The van der Waals surface area contributed by atoms with Gasteiger partial charge in [0.1, 0.15) is 12.4 Å². The van der Waals surface area contributed by atoms with Crippen LogP contribution < -0.4 is 15.5 Å². The van der Waals surface area contributed by atoms with Gasteiger partial charge >= 0.3 is 5.97 Å². The number of carbonyl (C=O) groups excluding carboxylic acids is 3. The molecular formula is C21H23FN3O4+. The van der Waals surface area contributed by atoms with Crippen molar-refractivity contribution in [3.8, 4) is 0 Å². The van der Waals surface area contributed by atoms with E-state index < -0.39 is 17.8 Å². The highest BCUT2D eigenvalue weighted by molar-refractivity contribution is 5.94. The maximum Gasteiger partial charge on any atom is 0.365 e. The van der Waals surface area contributed by atoms with Crippen LogP contribution in [-0.4, -0.2) is 44.0 Å². The molecule has 1 heterocycles. The average Bonchev–Trinajstić information content (AvgIpc) is 2.73. The fourth-order valence-electron chi connectivity index (χ4n) is 3.43. The second kappa shape index (κ2) is 9.29. The number of quaternary nitrogens is 1. The van der Waals surface area contributed by atoms with E-state index in [-0.39, 0.29) is 25.0 Å². The fourth-order valence-corrected chi connectivity index (χ4v) is 3.43. The van der Waals surface area contributed by atoms with Crippen LogP contribution in [0.3, 0.4) is 0 Å². The molecule has 7 nitrogen and oxygen atoms in total. The summed E-state index contributed by atoms with van der Waals surface area (Å²) >= 11 is 0. The van der Waals surface area contributed by atoms with Crippen LogP contribution in [0.4, 0.5) is 10.1 Å². The molecule has 8 heteroatoms. The van der Waals surface area contributed by atoms with E-state index in [1.165, 1.54) is 31.4 Å². The number of halogens is 1. The van der Waals surface area contributed by atoms with Crippen LogP contribution in [0.2, 0.25) is 0 Å². The normalized spacial score (nSPS) is 17.7. The molecule has 2 amide bonds. The lowest BCUT2D eigenvalue weighted by Gasteiger charge is -2.31. The highest BCUT2D eigenvalue weighted by Crippen LogP contribution is 2.14. The van der Waals surface area contributed by atoms with E-state index in [4.69, 9.17) is 4.74 Å². The van der Waals surface area contributed by atoms with Crippen molar-refractivity contribution < 1.29 is 28.4 Å². The van der Waals surface area contributed by atoms with Crippen molar-refractivity contribution in [3.05, 3.63) is 65.5 Å². The van der Waals surface area contributed by atoms with E-state index in [1.807, 2.05) is 24.3 Å². The minimum absolute atomic E-state index is 0.0396. The van der Waals surface area contributed by atoms with Crippen molar-refractivity contribution >= 4 is 23.5 Å². The summed E-state index contributed by atoms with van der Waals surface area (Å²) in [6, 6.07) is 12.7. The quantitative estimate of drug-likeness (QED) is 0.599. The zero-order valence-electron chi connectivity index (χ0n) is 16.0. The molecule has 2 aromatic rings. The number of esters is 1. The first-order valence-electron chi connectivity index (χ1n) is 9.27. The molecule has 0 radical (unpaired) electrons. The summed E-state index contributed by atoms with van der Waals surface area (Å²) in [5.41, 5.74) is 2.60. The van der Waals surface area contributed by atoms with Crippen molar-refractivity contribution in [1.82, 2.24) is 5.32 Å². The molecule has 0 saturated heterocycles. The molecule has 1 unspecified atom stereocenters. The minimum Gasteiger partial charge on any atom is -0.465 e. The predicted molar refractivity (Wildman–Crippen MR) is 104 cm³/mol. The van der Waals surface area contributed by atoms with E-state index in [2.05, 4.69) is 10.6 Å². The predicted octanol–water partition coefficient (Wildman–Crippen LogP) is 0.0632. The van der Waals surface area contributed by atoms with Gasteiger partial charge in [0, 0.05) is 17.7 Å². The minimum atomic E-state index is -0.478. The molecule has 29 heavy (non-hydrogen) atoms. The Bertz CT molecular complexity index is 901. The lowest BCUT2D eigenvalue weighted by molar-refractivity contribution is -0.924. The number of amides is 2. The van der Waals surface area contributed by atoms with Gasteiger partial charge < -0.3 is 20.3 Å². The van der Waals surface area contributed by atoms with Gasteiger partial charge in [0.05, 0.1) is 13.7 Å². The number of carbonyl (C=O) groups is 3. The van der Waals surface area contributed by atoms with Gasteiger partial charge in [-0.1, -0.05) is 24.3 Å². The Morgan fingerprint density at radius 1 is 1.07 bits per heavy atom. The maximum absolute atomic E-state index is 12.9. The molecule has 0 aliphatic carbocycles. The van der Waals surface area contributed by atoms with Crippen molar-refractivity contribution in [1.29, 1.82) is 0 Å². The van der Waals surface area contributed by atoms with Crippen LogP contribution in [0.5, 0.6) is 0 Å². The second-order valence-electron chi connectivity index (χ2n) is 6.89. The van der Waals surface area contributed by atoms with Crippen molar-refractivity contribution in [2.24, 2.45) is 0 Å². The van der Waals surface area contributed by atoms with E-state index in [0.717, 1.165) is 16.0 Å². The van der Waals surface area contributed by atoms with Crippen molar-refractivity contribution in [2.45, 2.75) is 19.0 Å². The monoisotopic (exact) mass is 400 g/mol. The molecule has 2 atom stereocenters. The standard InChI is InChI=1S/C21H22FN3O4/c1-29-21(28)18-10-14-4-2-3-5-15(14)12-25(18)13-20(27)23-11-19(26)24-17-8-6-16(22)7-9-17/h2-9,18H,10-13H2,1H3,(H,23,27)(H,24,26)/p+1/t18-/m1/s1. The molecule has 0 saturated carbocycles. The van der Waals surface area contributed by atoms with Crippen LogP contribution in [0.25, 0.3) is 0 Å². The van der Waals surface area contributed by atoms with Gasteiger partial charge in [-0.2, -0.15) is 0 Å². The molecule has 0 spiro atoms. The number of methoxy groups -OCH3 is 1. The summed E-state index contributed by atoms with van der Waals surface area (Å²) in [6.07, 6.45) is 0.497. The van der Waals surface area contributed by atoms with Crippen LogP contribution in [0, 0.1) is 5.82 Å². The first-order valence-corrected chi connectivity index (χ1v) is 9.27. The number of ether oxygens (including phenoxy) is 1. The lowest BCUT2D eigenvalue weighted by atomic mass is 9.94. The van der Waals surface area contributed by atoms with Crippen LogP contribution in [0.1, 0.15) is 11.1 Å². The topological polar surface area (TPSA) is 88.9 Å². The van der Waals surface area contributed by atoms with Gasteiger partial charge in [0.2, 0.25) is 5.91 Å². The summed E-state index contributed by atoms with van der Waals surface area (Å²) in [5, 5.41) is 5.14. The van der Waals surface area contributed by atoms with E-state index in [0.29, 0.717) is 18.7 Å². The van der Waals surface area contributed by atoms with Gasteiger partial charge in [0.25, 0.3) is 5.91 Å². The molecule has 3 N–H and O–H groups in total. The maximum atomic E-state index is 12.9. The Kier molecular flexibility index (Phi) is 6.56. The smallest absolute Gasteiger partial charge is 0.365 e. The Labute approximate surface area is 167 Å². The van der Waals surface area contributed by atoms with Gasteiger partial charge in [-0.05, 0) is 29.8 Å². The molecule has 152 valence electrons. The highest BCUT2D eigenvalue weighted by Gasteiger charge is 2.37. The summed E-state index contributed by atoms with van der Waals surface area (Å²) in [6.45, 7) is 0.339. The molecule has 1 aliphatic heterocycles. The van der Waals surface area contributed by atoms with Crippen LogP contribution in [0.15, 0.2) is 48.5 Å². The summed E-state index contributed by atoms with van der Waals surface area (Å²) in [5.74, 6) is -1.53. The molecule has 3 rings (SSSR count). The van der Waals surface area contributed by atoms with E-state index >= 15 is 0 Å². The fraction of sp³-hybridized carbons (Fsp3) is 0.286. The third-order valence-electron chi connectivity index (χ3n) is 4.90.